The highest BCUT2D eigenvalue weighted by Crippen LogP contribution is 2.27. The summed E-state index contributed by atoms with van der Waals surface area (Å²) in [5.74, 6) is -1.96. The van der Waals surface area contributed by atoms with Crippen LogP contribution in [-0.4, -0.2) is 26.5 Å². The number of nitrogens with zero attached hydrogens (tertiary/aromatic N) is 1. The zero-order valence-electron chi connectivity index (χ0n) is 11.3. The molecule has 0 aliphatic carbocycles. The molecule has 2 aromatic carbocycles. The fourth-order valence-corrected chi connectivity index (χ4v) is 3.38. The highest BCUT2D eigenvalue weighted by molar-refractivity contribution is 7.92. The molecule has 2 aromatic rings. The van der Waals surface area contributed by atoms with Gasteiger partial charge in [-0.25, -0.2) is 17.6 Å². The zero-order valence-corrected chi connectivity index (χ0v) is 12.9. The van der Waals surface area contributed by atoms with Gasteiger partial charge < -0.3 is 5.11 Å². The third kappa shape index (κ3) is 2.90. The minimum atomic E-state index is -4.06. The summed E-state index contributed by atoms with van der Waals surface area (Å²) in [7, 11) is -2.86. The van der Waals surface area contributed by atoms with E-state index in [0.717, 1.165) is 28.6 Å². The Kier molecular flexibility index (Phi) is 4.39. The van der Waals surface area contributed by atoms with Crippen molar-refractivity contribution in [2.24, 2.45) is 0 Å². The molecular formula is C14H11ClFNO4S. The van der Waals surface area contributed by atoms with Crippen molar-refractivity contribution >= 4 is 33.3 Å². The smallest absolute Gasteiger partial charge is 0.337 e. The molecule has 0 unspecified atom stereocenters. The molecule has 5 nitrogen and oxygen atoms in total. The lowest BCUT2D eigenvalue weighted by atomic mass is 10.2. The summed E-state index contributed by atoms with van der Waals surface area (Å²) in [6.45, 7) is 0. The van der Waals surface area contributed by atoms with Crippen molar-refractivity contribution < 1.29 is 22.7 Å². The molecule has 0 atom stereocenters. The van der Waals surface area contributed by atoms with Crippen molar-refractivity contribution in [1.82, 2.24) is 0 Å². The molecule has 0 aliphatic heterocycles. The SMILES string of the molecule is CN(c1ccccc1F)S(=O)(=O)c1ccc(C(=O)O)c(Cl)c1. The Labute approximate surface area is 131 Å². The maximum Gasteiger partial charge on any atom is 0.337 e. The van der Waals surface area contributed by atoms with E-state index in [9.17, 15) is 17.6 Å². The van der Waals surface area contributed by atoms with Crippen molar-refractivity contribution in [2.75, 3.05) is 11.4 Å². The van der Waals surface area contributed by atoms with Crippen molar-refractivity contribution in [3.63, 3.8) is 0 Å². The van der Waals surface area contributed by atoms with Crippen molar-refractivity contribution in [3.8, 4) is 0 Å². The first-order valence-electron chi connectivity index (χ1n) is 6.01. The highest BCUT2D eigenvalue weighted by atomic mass is 35.5. The maximum atomic E-state index is 13.7. The predicted octanol–water partition coefficient (Wildman–Crippen LogP) is 3.00. The second kappa shape index (κ2) is 5.94. The Bertz CT molecular complexity index is 838. The van der Waals surface area contributed by atoms with E-state index in [-0.39, 0.29) is 21.2 Å². The number of rotatable bonds is 4. The molecule has 0 saturated heterocycles. The van der Waals surface area contributed by atoms with Crippen LogP contribution in [0.3, 0.4) is 0 Å². The van der Waals surface area contributed by atoms with Gasteiger partial charge in [-0.05, 0) is 30.3 Å². The monoisotopic (exact) mass is 343 g/mol. The van der Waals surface area contributed by atoms with Crippen LogP contribution >= 0.6 is 11.6 Å². The van der Waals surface area contributed by atoms with Crippen LogP contribution in [0.2, 0.25) is 5.02 Å². The summed E-state index contributed by atoms with van der Waals surface area (Å²) < 4.78 is 39.4. The minimum absolute atomic E-state index is 0.124. The molecular weight excluding hydrogens is 333 g/mol. The summed E-state index contributed by atoms with van der Waals surface area (Å²) in [6.07, 6.45) is 0. The lowest BCUT2D eigenvalue weighted by molar-refractivity contribution is 0.0697. The first kappa shape index (κ1) is 16.3. The third-order valence-corrected chi connectivity index (χ3v) is 5.10. The van der Waals surface area contributed by atoms with Crippen molar-refractivity contribution in [3.05, 3.63) is 58.9 Å². The van der Waals surface area contributed by atoms with Gasteiger partial charge in [-0.3, -0.25) is 4.31 Å². The summed E-state index contributed by atoms with van der Waals surface area (Å²) in [6, 6.07) is 8.64. The van der Waals surface area contributed by atoms with Crippen LogP contribution in [-0.2, 0) is 10.0 Å². The van der Waals surface area contributed by atoms with Gasteiger partial charge >= 0.3 is 5.97 Å². The molecule has 1 N–H and O–H groups in total. The predicted molar refractivity (Wildman–Crippen MR) is 80.4 cm³/mol. The van der Waals surface area contributed by atoms with Gasteiger partial charge in [-0.15, -0.1) is 0 Å². The normalized spacial score (nSPS) is 11.2. The van der Waals surface area contributed by atoms with E-state index >= 15 is 0 Å². The fourth-order valence-electron chi connectivity index (χ4n) is 1.82. The van der Waals surface area contributed by atoms with Gasteiger partial charge in [-0.2, -0.15) is 0 Å². The third-order valence-electron chi connectivity index (χ3n) is 3.02. The number of para-hydroxylation sites is 1. The fraction of sp³-hybridized carbons (Fsp3) is 0.0714. The first-order chi connectivity index (χ1) is 10.2. The number of hydrogen-bond donors (Lipinski definition) is 1. The van der Waals surface area contributed by atoms with E-state index in [0.29, 0.717) is 0 Å². The second-order valence-electron chi connectivity index (χ2n) is 4.37. The van der Waals surface area contributed by atoms with Gasteiger partial charge in [0.15, 0.2) is 0 Å². The Hall–Kier alpha value is -2.12. The van der Waals surface area contributed by atoms with Gasteiger partial charge in [0.25, 0.3) is 10.0 Å². The molecule has 8 heteroatoms. The van der Waals surface area contributed by atoms with Crippen LogP contribution in [0.15, 0.2) is 47.4 Å². The number of hydrogen-bond acceptors (Lipinski definition) is 3. The summed E-state index contributed by atoms with van der Waals surface area (Å²) in [5.41, 5.74) is -0.338. The molecule has 0 aromatic heterocycles. The van der Waals surface area contributed by atoms with E-state index in [2.05, 4.69) is 0 Å². The summed E-state index contributed by atoms with van der Waals surface area (Å²) in [4.78, 5) is 10.7. The molecule has 0 aliphatic rings. The molecule has 22 heavy (non-hydrogen) atoms. The standard InChI is InChI=1S/C14H11ClFNO4S/c1-17(13-5-3-2-4-12(13)16)22(20,21)9-6-7-10(14(18)19)11(15)8-9/h2-8H,1H3,(H,18,19). The highest BCUT2D eigenvalue weighted by Gasteiger charge is 2.24. The van der Waals surface area contributed by atoms with Crippen molar-refractivity contribution in [1.29, 1.82) is 0 Å². The van der Waals surface area contributed by atoms with Crippen LogP contribution in [0.5, 0.6) is 0 Å². The Balaban J connectivity index is 2.49. The van der Waals surface area contributed by atoms with Gasteiger partial charge in [-0.1, -0.05) is 23.7 Å². The molecule has 0 bridgehead atoms. The lowest BCUT2D eigenvalue weighted by Gasteiger charge is -2.20. The Morgan fingerprint density at radius 1 is 1.23 bits per heavy atom. The number of carboxylic acid groups (broad SMARTS) is 1. The van der Waals surface area contributed by atoms with Gasteiger partial charge in [0.1, 0.15) is 5.82 Å². The number of sulfonamides is 1. The lowest BCUT2D eigenvalue weighted by Crippen LogP contribution is -2.27. The number of carboxylic acids is 1. The number of benzene rings is 2. The maximum absolute atomic E-state index is 13.7. The van der Waals surface area contributed by atoms with Gasteiger partial charge in [0.05, 0.1) is 21.2 Å². The van der Waals surface area contributed by atoms with E-state index in [4.69, 9.17) is 16.7 Å². The average molecular weight is 344 g/mol. The second-order valence-corrected chi connectivity index (χ2v) is 6.75. The molecule has 0 spiro atoms. The summed E-state index contributed by atoms with van der Waals surface area (Å²) >= 11 is 5.77. The Morgan fingerprint density at radius 3 is 2.41 bits per heavy atom. The topological polar surface area (TPSA) is 74.7 Å². The average Bonchev–Trinajstić information content (AvgIpc) is 2.46. The molecule has 0 radical (unpaired) electrons. The summed E-state index contributed by atoms with van der Waals surface area (Å²) in [5, 5.41) is 8.68. The van der Waals surface area contributed by atoms with E-state index in [1.807, 2.05) is 0 Å². The van der Waals surface area contributed by atoms with Crippen LogP contribution in [0.4, 0.5) is 10.1 Å². The molecule has 0 amide bonds. The van der Waals surface area contributed by atoms with Crippen molar-refractivity contribution in [2.45, 2.75) is 4.90 Å². The largest absolute Gasteiger partial charge is 0.478 e. The van der Waals surface area contributed by atoms with Gasteiger partial charge in [0, 0.05) is 7.05 Å². The van der Waals surface area contributed by atoms with E-state index < -0.39 is 21.8 Å². The molecule has 0 heterocycles. The van der Waals surface area contributed by atoms with Crippen LogP contribution in [0.1, 0.15) is 10.4 Å². The molecule has 2 rings (SSSR count). The van der Waals surface area contributed by atoms with E-state index in [1.165, 1.54) is 25.2 Å². The van der Waals surface area contributed by atoms with Gasteiger partial charge in [0.2, 0.25) is 0 Å². The molecule has 0 fully saturated rings. The van der Waals surface area contributed by atoms with Crippen LogP contribution in [0.25, 0.3) is 0 Å². The Morgan fingerprint density at radius 2 is 1.86 bits per heavy atom. The number of carbonyl (C=O) groups is 1. The first-order valence-corrected chi connectivity index (χ1v) is 7.83. The number of anilines is 1. The number of aromatic carboxylic acids is 1. The van der Waals surface area contributed by atoms with E-state index in [1.54, 1.807) is 0 Å². The van der Waals surface area contributed by atoms with Crippen LogP contribution in [0, 0.1) is 5.82 Å². The molecule has 0 saturated carbocycles. The molecule has 116 valence electrons. The minimum Gasteiger partial charge on any atom is -0.478 e. The number of halogens is 2. The zero-order chi connectivity index (χ0) is 16.5. The van der Waals surface area contributed by atoms with Crippen LogP contribution < -0.4 is 4.31 Å². The quantitative estimate of drug-likeness (QED) is 0.926.